The molecular formula is C18H12F4N2O2. The van der Waals surface area contributed by atoms with Gasteiger partial charge in [-0.1, -0.05) is 6.07 Å². The zero-order chi connectivity index (χ0) is 19.1. The van der Waals surface area contributed by atoms with E-state index in [1.54, 1.807) is 0 Å². The van der Waals surface area contributed by atoms with Gasteiger partial charge in [0.05, 0.1) is 5.56 Å². The lowest BCUT2D eigenvalue weighted by Gasteiger charge is -2.17. The zero-order valence-electron chi connectivity index (χ0n) is 13.4. The molecule has 4 nitrogen and oxygen atoms in total. The summed E-state index contributed by atoms with van der Waals surface area (Å²) in [7, 11) is 0. The van der Waals surface area contributed by atoms with Gasteiger partial charge in [-0.3, -0.25) is 9.59 Å². The van der Waals surface area contributed by atoms with Crippen LogP contribution in [0.4, 0.5) is 40.3 Å². The van der Waals surface area contributed by atoms with E-state index in [1.807, 2.05) is 0 Å². The monoisotopic (exact) mass is 364 g/mol. The van der Waals surface area contributed by atoms with E-state index in [9.17, 15) is 27.2 Å². The predicted molar refractivity (Wildman–Crippen MR) is 90.5 cm³/mol. The molecule has 0 aliphatic rings. The van der Waals surface area contributed by atoms with Crippen molar-refractivity contribution in [2.75, 3.05) is 10.6 Å². The van der Waals surface area contributed by atoms with E-state index >= 15 is 0 Å². The molecule has 0 aliphatic carbocycles. The Bertz CT molecular complexity index is 1030. The first-order chi connectivity index (χ1) is 12.2. The molecule has 0 saturated heterocycles. The maximum atomic E-state index is 13.0. The van der Waals surface area contributed by atoms with Gasteiger partial charge in [0.2, 0.25) is 0 Å². The summed E-state index contributed by atoms with van der Waals surface area (Å²) in [5.74, 6) is -0.474. The molecule has 0 spiro atoms. The second kappa shape index (κ2) is 6.29. The lowest BCUT2D eigenvalue weighted by atomic mass is 10.1. The van der Waals surface area contributed by atoms with Crippen LogP contribution in [0.1, 0.15) is 11.1 Å². The Morgan fingerprint density at radius 1 is 0.808 bits per heavy atom. The van der Waals surface area contributed by atoms with Gasteiger partial charge < -0.3 is 10.6 Å². The minimum atomic E-state index is -4.54. The molecule has 0 aromatic heterocycles. The molecule has 2 N–H and O–H groups in total. The molecule has 134 valence electrons. The van der Waals surface area contributed by atoms with Gasteiger partial charge in [0.25, 0.3) is 10.9 Å². The second-order valence-electron chi connectivity index (χ2n) is 5.69. The van der Waals surface area contributed by atoms with E-state index in [2.05, 4.69) is 10.6 Å². The summed E-state index contributed by atoms with van der Waals surface area (Å²) < 4.78 is 51.9. The standard InChI is InChI=1S/C18H12F4N2O2/c1-9-2-5-12(8-13(9)18(20,21)22)24-15-14(16(25)17(15)26)23-11-6-3-10(19)4-7-11/h2-8,23-24H,1H3. The van der Waals surface area contributed by atoms with Crippen LogP contribution in [0, 0.1) is 12.7 Å². The van der Waals surface area contributed by atoms with Crippen molar-refractivity contribution in [3.63, 3.8) is 0 Å². The maximum Gasteiger partial charge on any atom is 0.416 e. The van der Waals surface area contributed by atoms with Crippen LogP contribution in [0.15, 0.2) is 52.1 Å². The fourth-order valence-corrected chi connectivity index (χ4v) is 2.46. The first-order valence-electron chi connectivity index (χ1n) is 7.47. The Morgan fingerprint density at radius 2 is 1.31 bits per heavy atom. The van der Waals surface area contributed by atoms with E-state index < -0.39 is 28.4 Å². The molecule has 0 radical (unpaired) electrons. The van der Waals surface area contributed by atoms with Crippen molar-refractivity contribution in [2.24, 2.45) is 0 Å². The second-order valence-corrected chi connectivity index (χ2v) is 5.69. The molecule has 0 unspecified atom stereocenters. The van der Waals surface area contributed by atoms with Gasteiger partial charge >= 0.3 is 6.18 Å². The van der Waals surface area contributed by atoms with Crippen molar-refractivity contribution in [1.29, 1.82) is 0 Å². The lowest BCUT2D eigenvalue weighted by Crippen LogP contribution is -2.35. The summed E-state index contributed by atoms with van der Waals surface area (Å²) >= 11 is 0. The van der Waals surface area contributed by atoms with Crippen LogP contribution >= 0.6 is 0 Å². The molecule has 0 bridgehead atoms. The molecule has 3 rings (SSSR count). The first-order valence-corrected chi connectivity index (χ1v) is 7.47. The molecule has 26 heavy (non-hydrogen) atoms. The molecule has 0 aliphatic heterocycles. The van der Waals surface area contributed by atoms with E-state index in [4.69, 9.17) is 0 Å². The molecule has 3 aromatic carbocycles. The SMILES string of the molecule is Cc1ccc(Nc2c(Nc3ccc(F)cc3)c(=O)c2=O)cc1C(F)(F)F. The fourth-order valence-electron chi connectivity index (χ4n) is 2.46. The van der Waals surface area contributed by atoms with Crippen LogP contribution in [0.2, 0.25) is 0 Å². The van der Waals surface area contributed by atoms with Gasteiger partial charge in [0.15, 0.2) is 0 Å². The van der Waals surface area contributed by atoms with Crippen LogP contribution in [0.25, 0.3) is 0 Å². The summed E-state index contributed by atoms with van der Waals surface area (Å²) in [4.78, 5) is 23.5. The summed E-state index contributed by atoms with van der Waals surface area (Å²) in [5.41, 5.74) is -2.29. The van der Waals surface area contributed by atoms with Crippen molar-refractivity contribution < 1.29 is 17.6 Å². The third-order valence-corrected chi connectivity index (χ3v) is 3.84. The average Bonchev–Trinajstić information content (AvgIpc) is 2.59. The van der Waals surface area contributed by atoms with Gasteiger partial charge in [0.1, 0.15) is 17.2 Å². The topological polar surface area (TPSA) is 58.2 Å². The third-order valence-electron chi connectivity index (χ3n) is 3.84. The Balaban J connectivity index is 1.90. The number of halogens is 4. The molecule has 0 amide bonds. The van der Waals surface area contributed by atoms with E-state index in [0.29, 0.717) is 5.69 Å². The fraction of sp³-hybridized carbons (Fsp3) is 0.111. The van der Waals surface area contributed by atoms with Crippen LogP contribution in [0.3, 0.4) is 0 Å². The van der Waals surface area contributed by atoms with Gasteiger partial charge in [-0.05, 0) is 48.9 Å². The Kier molecular flexibility index (Phi) is 4.27. The van der Waals surface area contributed by atoms with Crippen molar-refractivity contribution in [1.82, 2.24) is 0 Å². The Hall–Kier alpha value is -3.16. The quantitative estimate of drug-likeness (QED) is 0.537. The number of aryl methyl sites for hydroxylation is 1. The van der Waals surface area contributed by atoms with Gasteiger partial charge in [-0.15, -0.1) is 0 Å². The summed E-state index contributed by atoms with van der Waals surface area (Å²) in [6.07, 6.45) is -4.54. The minimum absolute atomic E-state index is 0.0252. The molecule has 0 heterocycles. The largest absolute Gasteiger partial charge is 0.416 e. The molecule has 8 heteroatoms. The number of alkyl halides is 3. The van der Waals surface area contributed by atoms with E-state index in [0.717, 1.165) is 18.2 Å². The summed E-state index contributed by atoms with van der Waals surface area (Å²) in [6, 6.07) is 8.57. The van der Waals surface area contributed by atoms with Gasteiger partial charge in [0, 0.05) is 11.4 Å². The lowest BCUT2D eigenvalue weighted by molar-refractivity contribution is -0.138. The van der Waals surface area contributed by atoms with E-state index in [1.165, 1.54) is 31.2 Å². The smallest absolute Gasteiger partial charge is 0.350 e. The maximum absolute atomic E-state index is 13.0. The van der Waals surface area contributed by atoms with Gasteiger partial charge in [-0.2, -0.15) is 13.2 Å². The highest BCUT2D eigenvalue weighted by Gasteiger charge is 2.32. The summed E-state index contributed by atoms with van der Waals surface area (Å²) in [6.45, 7) is 1.32. The Morgan fingerprint density at radius 3 is 1.85 bits per heavy atom. The highest BCUT2D eigenvalue weighted by atomic mass is 19.4. The van der Waals surface area contributed by atoms with E-state index in [-0.39, 0.29) is 22.6 Å². The van der Waals surface area contributed by atoms with Crippen molar-refractivity contribution in [2.45, 2.75) is 13.1 Å². The molecule has 0 fully saturated rings. The zero-order valence-corrected chi connectivity index (χ0v) is 13.4. The van der Waals surface area contributed by atoms with Crippen LogP contribution in [-0.2, 0) is 6.18 Å². The number of hydrogen-bond acceptors (Lipinski definition) is 4. The normalized spacial score (nSPS) is 11.6. The van der Waals surface area contributed by atoms with Crippen LogP contribution in [0.5, 0.6) is 0 Å². The summed E-state index contributed by atoms with van der Waals surface area (Å²) in [5, 5.41) is 5.22. The third kappa shape index (κ3) is 3.30. The van der Waals surface area contributed by atoms with Crippen molar-refractivity contribution in [3.8, 4) is 0 Å². The molecule has 0 saturated carbocycles. The van der Waals surface area contributed by atoms with Crippen LogP contribution < -0.4 is 21.5 Å². The van der Waals surface area contributed by atoms with Crippen molar-refractivity contribution in [3.05, 3.63) is 79.9 Å². The number of hydrogen-bond donors (Lipinski definition) is 2. The highest BCUT2D eigenvalue weighted by molar-refractivity contribution is 5.82. The molecule has 0 atom stereocenters. The number of benzene rings is 2. The molecular weight excluding hydrogens is 352 g/mol. The first kappa shape index (κ1) is 17.7. The predicted octanol–water partition coefficient (Wildman–Crippen LogP) is 4.24. The average molecular weight is 364 g/mol. The van der Waals surface area contributed by atoms with Crippen LogP contribution in [-0.4, -0.2) is 0 Å². The molecule has 3 aromatic rings. The minimum Gasteiger partial charge on any atom is -0.350 e. The Labute approximate surface area is 144 Å². The number of rotatable bonds is 4. The number of nitrogens with one attached hydrogen (secondary N) is 2. The highest BCUT2D eigenvalue weighted by Crippen LogP contribution is 2.34. The number of anilines is 4. The van der Waals surface area contributed by atoms with Crippen molar-refractivity contribution >= 4 is 22.7 Å². The van der Waals surface area contributed by atoms with Gasteiger partial charge in [-0.25, -0.2) is 4.39 Å².